The molecular formula is C25H28N2O4. The van der Waals surface area contributed by atoms with Crippen LogP contribution in [0.2, 0.25) is 0 Å². The molecule has 0 spiro atoms. The van der Waals surface area contributed by atoms with Crippen molar-refractivity contribution in [1.82, 2.24) is 9.80 Å². The smallest absolute Gasteiger partial charge is 0.295 e. The zero-order valence-corrected chi connectivity index (χ0v) is 17.8. The van der Waals surface area contributed by atoms with Gasteiger partial charge in [0.1, 0.15) is 5.76 Å². The molecule has 0 unspecified atom stereocenters. The first-order valence-corrected chi connectivity index (χ1v) is 10.8. The normalized spacial score (nSPS) is 21.6. The first-order chi connectivity index (χ1) is 15.1. The molecule has 2 aliphatic rings. The molecule has 1 N–H and O–H groups in total. The van der Waals surface area contributed by atoms with E-state index in [-0.39, 0.29) is 11.3 Å². The number of nitrogens with zero attached hydrogens (tertiary/aromatic N) is 2. The third-order valence-electron chi connectivity index (χ3n) is 5.96. The van der Waals surface area contributed by atoms with E-state index in [1.807, 2.05) is 49.4 Å². The summed E-state index contributed by atoms with van der Waals surface area (Å²) in [5, 5.41) is 11.0. The standard InChI is InChI=1S/C25H28N2O4/c1-18-8-10-20(11-9-18)23(28)21-22(19-6-3-2-4-7-19)27(25(30)24(21)29)13-5-12-26-14-16-31-17-15-26/h2-4,6-11,22,28H,5,12-17H2,1H3/t22-/m1/s1. The molecule has 1 atom stereocenters. The number of hydrogen-bond donors (Lipinski definition) is 1. The van der Waals surface area contributed by atoms with Crippen LogP contribution in [0.1, 0.15) is 29.2 Å². The van der Waals surface area contributed by atoms with Crippen molar-refractivity contribution in [1.29, 1.82) is 0 Å². The van der Waals surface area contributed by atoms with Crippen molar-refractivity contribution in [3.8, 4) is 0 Å². The van der Waals surface area contributed by atoms with Crippen LogP contribution in [0.3, 0.4) is 0 Å². The van der Waals surface area contributed by atoms with Crippen LogP contribution in [-0.2, 0) is 14.3 Å². The number of carbonyl (C=O) groups is 2. The summed E-state index contributed by atoms with van der Waals surface area (Å²) in [6, 6.07) is 16.2. The van der Waals surface area contributed by atoms with Crippen LogP contribution in [0.25, 0.3) is 5.76 Å². The SMILES string of the molecule is Cc1ccc(C(O)=C2C(=O)C(=O)N(CCCN3CCOCC3)[C@@H]2c2ccccc2)cc1. The van der Waals surface area contributed by atoms with Gasteiger partial charge in [-0.05, 0) is 18.9 Å². The fourth-order valence-corrected chi connectivity index (χ4v) is 4.25. The Morgan fingerprint density at radius 1 is 1.00 bits per heavy atom. The van der Waals surface area contributed by atoms with Crippen LogP contribution in [0.4, 0.5) is 0 Å². The molecule has 6 heteroatoms. The molecule has 2 heterocycles. The van der Waals surface area contributed by atoms with Crippen LogP contribution in [-0.4, -0.2) is 66.0 Å². The Hall–Kier alpha value is -2.96. The summed E-state index contributed by atoms with van der Waals surface area (Å²) < 4.78 is 5.39. The van der Waals surface area contributed by atoms with Gasteiger partial charge < -0.3 is 14.7 Å². The van der Waals surface area contributed by atoms with Crippen LogP contribution in [0.15, 0.2) is 60.2 Å². The summed E-state index contributed by atoms with van der Waals surface area (Å²) >= 11 is 0. The lowest BCUT2D eigenvalue weighted by Crippen LogP contribution is -2.38. The van der Waals surface area contributed by atoms with Crippen LogP contribution < -0.4 is 0 Å². The fraction of sp³-hybridized carbons (Fsp3) is 0.360. The van der Waals surface area contributed by atoms with Gasteiger partial charge in [-0.2, -0.15) is 0 Å². The minimum Gasteiger partial charge on any atom is -0.507 e. The molecule has 2 aromatic carbocycles. The van der Waals surface area contributed by atoms with E-state index >= 15 is 0 Å². The van der Waals surface area contributed by atoms with E-state index < -0.39 is 17.7 Å². The number of aliphatic hydroxyl groups is 1. The number of Topliss-reactive ketones (excluding diaryl/α,β-unsaturated/α-hetero) is 1. The maximum Gasteiger partial charge on any atom is 0.295 e. The van der Waals surface area contributed by atoms with E-state index in [1.165, 1.54) is 0 Å². The van der Waals surface area contributed by atoms with Crippen LogP contribution in [0, 0.1) is 6.92 Å². The molecule has 2 aromatic rings. The summed E-state index contributed by atoms with van der Waals surface area (Å²) in [7, 11) is 0. The number of rotatable bonds is 6. The topological polar surface area (TPSA) is 70.1 Å². The van der Waals surface area contributed by atoms with Gasteiger partial charge in [0.15, 0.2) is 0 Å². The van der Waals surface area contributed by atoms with Crippen LogP contribution in [0.5, 0.6) is 0 Å². The van der Waals surface area contributed by atoms with Crippen molar-refractivity contribution < 1.29 is 19.4 Å². The van der Waals surface area contributed by atoms with Gasteiger partial charge >= 0.3 is 0 Å². The molecule has 1 amide bonds. The molecular weight excluding hydrogens is 392 g/mol. The minimum absolute atomic E-state index is 0.122. The van der Waals surface area contributed by atoms with E-state index in [9.17, 15) is 14.7 Å². The highest BCUT2D eigenvalue weighted by molar-refractivity contribution is 6.46. The summed E-state index contributed by atoms with van der Waals surface area (Å²) in [6.45, 7) is 6.47. The number of aliphatic hydroxyl groups excluding tert-OH is 1. The molecule has 0 radical (unpaired) electrons. The van der Waals surface area contributed by atoms with Gasteiger partial charge in [-0.3, -0.25) is 14.5 Å². The van der Waals surface area contributed by atoms with Crippen molar-refractivity contribution >= 4 is 17.4 Å². The van der Waals surface area contributed by atoms with Crippen LogP contribution >= 0.6 is 0 Å². The molecule has 2 fully saturated rings. The Morgan fingerprint density at radius 3 is 2.35 bits per heavy atom. The largest absolute Gasteiger partial charge is 0.507 e. The van der Waals surface area contributed by atoms with Gasteiger partial charge in [0, 0.05) is 31.7 Å². The first kappa shape index (κ1) is 21.3. The molecule has 2 saturated heterocycles. The number of aryl methyl sites for hydroxylation is 1. The quantitative estimate of drug-likeness (QED) is 0.442. The first-order valence-electron chi connectivity index (χ1n) is 10.8. The number of hydrogen-bond acceptors (Lipinski definition) is 5. The second-order valence-electron chi connectivity index (χ2n) is 8.08. The van der Waals surface area contributed by atoms with Crippen molar-refractivity contribution in [3.05, 3.63) is 76.9 Å². The molecule has 0 saturated carbocycles. The van der Waals surface area contributed by atoms with Gasteiger partial charge in [0.2, 0.25) is 0 Å². The summed E-state index contributed by atoms with van der Waals surface area (Å²) in [5.41, 5.74) is 2.57. The van der Waals surface area contributed by atoms with Crippen molar-refractivity contribution in [2.45, 2.75) is 19.4 Å². The molecule has 0 aromatic heterocycles. The molecule has 4 rings (SSSR count). The summed E-state index contributed by atoms with van der Waals surface area (Å²) in [4.78, 5) is 29.9. The Labute approximate surface area is 182 Å². The predicted molar refractivity (Wildman–Crippen MR) is 119 cm³/mol. The van der Waals surface area contributed by atoms with Gasteiger partial charge in [-0.15, -0.1) is 0 Å². The average molecular weight is 421 g/mol. The van der Waals surface area contributed by atoms with Gasteiger partial charge in [-0.25, -0.2) is 0 Å². The van der Waals surface area contributed by atoms with Gasteiger partial charge in [-0.1, -0.05) is 60.2 Å². The number of ether oxygens (including phenoxy) is 1. The molecule has 0 bridgehead atoms. The third kappa shape index (κ3) is 4.55. The predicted octanol–water partition coefficient (Wildman–Crippen LogP) is 3.14. The van der Waals surface area contributed by atoms with E-state index in [1.54, 1.807) is 17.0 Å². The zero-order chi connectivity index (χ0) is 21.8. The highest BCUT2D eigenvalue weighted by atomic mass is 16.5. The van der Waals surface area contributed by atoms with E-state index in [2.05, 4.69) is 4.90 Å². The number of carbonyl (C=O) groups excluding carboxylic acids is 2. The van der Waals surface area contributed by atoms with Crippen molar-refractivity contribution in [2.24, 2.45) is 0 Å². The van der Waals surface area contributed by atoms with E-state index in [4.69, 9.17) is 4.74 Å². The number of likely N-dealkylation sites (tertiary alicyclic amines) is 1. The summed E-state index contributed by atoms with van der Waals surface area (Å²) in [6.07, 6.45) is 0.751. The number of benzene rings is 2. The lowest BCUT2D eigenvalue weighted by molar-refractivity contribution is -0.140. The average Bonchev–Trinajstić information content (AvgIpc) is 3.05. The van der Waals surface area contributed by atoms with Crippen molar-refractivity contribution in [2.75, 3.05) is 39.4 Å². The Kier molecular flexibility index (Phi) is 6.49. The fourth-order valence-electron chi connectivity index (χ4n) is 4.25. The Bertz CT molecular complexity index is 963. The summed E-state index contributed by atoms with van der Waals surface area (Å²) in [5.74, 6) is -1.30. The lowest BCUT2D eigenvalue weighted by Gasteiger charge is -2.29. The van der Waals surface area contributed by atoms with E-state index in [0.717, 1.165) is 50.4 Å². The highest BCUT2D eigenvalue weighted by Gasteiger charge is 2.45. The highest BCUT2D eigenvalue weighted by Crippen LogP contribution is 2.39. The molecule has 31 heavy (non-hydrogen) atoms. The molecule has 2 aliphatic heterocycles. The van der Waals surface area contributed by atoms with Gasteiger partial charge in [0.05, 0.1) is 24.8 Å². The monoisotopic (exact) mass is 420 g/mol. The van der Waals surface area contributed by atoms with Gasteiger partial charge in [0.25, 0.3) is 11.7 Å². The second-order valence-corrected chi connectivity index (χ2v) is 8.08. The van der Waals surface area contributed by atoms with Crippen molar-refractivity contribution in [3.63, 3.8) is 0 Å². The number of ketones is 1. The minimum atomic E-state index is -0.627. The Balaban J connectivity index is 1.64. The number of amides is 1. The molecule has 0 aliphatic carbocycles. The maximum absolute atomic E-state index is 13.0. The third-order valence-corrected chi connectivity index (χ3v) is 5.96. The lowest BCUT2D eigenvalue weighted by atomic mass is 9.95. The second kappa shape index (κ2) is 9.45. The molecule has 162 valence electrons. The van der Waals surface area contributed by atoms with E-state index in [0.29, 0.717) is 12.1 Å². The molecule has 6 nitrogen and oxygen atoms in total. The Morgan fingerprint density at radius 2 is 1.68 bits per heavy atom. The zero-order valence-electron chi connectivity index (χ0n) is 17.8. The number of morpholine rings is 1. The maximum atomic E-state index is 13.0.